The first-order valence-corrected chi connectivity index (χ1v) is 5.95. The van der Waals surface area contributed by atoms with Crippen LogP contribution in [0.1, 0.15) is 25.3 Å². The molecule has 0 saturated carbocycles. The summed E-state index contributed by atoms with van der Waals surface area (Å²) in [5.41, 5.74) is 6.69. The molecule has 1 unspecified atom stereocenters. The van der Waals surface area contributed by atoms with E-state index in [1.165, 1.54) is 0 Å². The maximum absolute atomic E-state index is 12.0. The van der Waals surface area contributed by atoms with Gasteiger partial charge in [-0.3, -0.25) is 0 Å². The van der Waals surface area contributed by atoms with Crippen LogP contribution in [0.2, 0.25) is 0 Å². The van der Waals surface area contributed by atoms with E-state index in [4.69, 9.17) is 10.5 Å². The predicted molar refractivity (Wildman–Crippen MR) is 64.6 cm³/mol. The number of hydrogen-bond acceptors (Lipinski definition) is 2. The molecule has 5 heteroatoms. The Morgan fingerprint density at radius 1 is 1.28 bits per heavy atom. The highest BCUT2D eigenvalue weighted by molar-refractivity contribution is 5.33. The molecule has 0 heterocycles. The van der Waals surface area contributed by atoms with Crippen molar-refractivity contribution < 1.29 is 17.9 Å². The van der Waals surface area contributed by atoms with Gasteiger partial charge < -0.3 is 10.5 Å². The lowest BCUT2D eigenvalue weighted by atomic mass is 10.0. The minimum absolute atomic E-state index is 0.00244. The maximum atomic E-state index is 12.0. The summed E-state index contributed by atoms with van der Waals surface area (Å²) in [6.45, 7) is 1.61. The average molecular weight is 261 g/mol. The van der Waals surface area contributed by atoms with Crippen LogP contribution >= 0.6 is 0 Å². The van der Waals surface area contributed by atoms with E-state index in [0.717, 1.165) is 12.0 Å². The molecule has 1 atom stereocenters. The van der Waals surface area contributed by atoms with E-state index in [9.17, 15) is 13.2 Å². The van der Waals surface area contributed by atoms with Gasteiger partial charge in [0.1, 0.15) is 5.75 Å². The Hall–Kier alpha value is -1.23. The zero-order valence-corrected chi connectivity index (χ0v) is 10.3. The van der Waals surface area contributed by atoms with Crippen LogP contribution in [-0.2, 0) is 6.42 Å². The quantitative estimate of drug-likeness (QED) is 0.852. The van der Waals surface area contributed by atoms with Crippen molar-refractivity contribution in [1.82, 2.24) is 0 Å². The molecule has 0 bridgehead atoms. The van der Waals surface area contributed by atoms with Crippen LogP contribution in [0.25, 0.3) is 0 Å². The molecule has 18 heavy (non-hydrogen) atoms. The lowest BCUT2D eigenvalue weighted by molar-refractivity contribution is -0.139. The number of nitrogens with two attached hydrogens (primary N) is 1. The molecule has 1 aromatic carbocycles. The second kappa shape index (κ2) is 6.64. The van der Waals surface area contributed by atoms with E-state index in [1.54, 1.807) is 12.1 Å². The van der Waals surface area contributed by atoms with Gasteiger partial charge in [0.25, 0.3) is 0 Å². The number of rotatable bonds is 6. The van der Waals surface area contributed by atoms with Gasteiger partial charge in [0, 0.05) is 6.04 Å². The minimum Gasteiger partial charge on any atom is -0.493 e. The molecular weight excluding hydrogens is 243 g/mol. The molecule has 0 aliphatic rings. The van der Waals surface area contributed by atoms with Gasteiger partial charge in [0.15, 0.2) is 0 Å². The molecule has 0 amide bonds. The zero-order chi connectivity index (χ0) is 13.6. The molecule has 0 aromatic heterocycles. The molecule has 0 aliphatic carbocycles. The van der Waals surface area contributed by atoms with Gasteiger partial charge in [-0.15, -0.1) is 0 Å². The Balaban J connectivity index is 2.59. The largest absolute Gasteiger partial charge is 0.493 e. The molecule has 0 radical (unpaired) electrons. The summed E-state index contributed by atoms with van der Waals surface area (Å²) in [5.74, 6) is 0.491. The Bertz CT molecular complexity index is 365. The highest BCUT2D eigenvalue weighted by Gasteiger charge is 2.27. The summed E-state index contributed by atoms with van der Waals surface area (Å²) in [6, 6.07) is 7.07. The predicted octanol–water partition coefficient (Wildman–Crippen LogP) is 3.30. The fourth-order valence-corrected chi connectivity index (χ4v) is 1.52. The smallest absolute Gasteiger partial charge is 0.392 e. The first kappa shape index (κ1) is 14.8. The van der Waals surface area contributed by atoms with Gasteiger partial charge in [0.05, 0.1) is 13.0 Å². The third-order valence-corrected chi connectivity index (χ3v) is 2.62. The van der Waals surface area contributed by atoms with Crippen LogP contribution in [0, 0.1) is 0 Å². The van der Waals surface area contributed by atoms with Gasteiger partial charge in [-0.25, -0.2) is 0 Å². The number of alkyl halides is 3. The van der Waals surface area contributed by atoms with Gasteiger partial charge in [0.2, 0.25) is 0 Å². The number of para-hydroxylation sites is 1. The summed E-state index contributed by atoms with van der Waals surface area (Å²) >= 11 is 0. The van der Waals surface area contributed by atoms with Gasteiger partial charge in [-0.2, -0.15) is 13.2 Å². The molecule has 2 N–H and O–H groups in total. The Morgan fingerprint density at radius 2 is 1.94 bits per heavy atom. The monoisotopic (exact) mass is 261 g/mol. The van der Waals surface area contributed by atoms with Crippen LogP contribution in [-0.4, -0.2) is 18.8 Å². The van der Waals surface area contributed by atoms with Crippen molar-refractivity contribution in [2.24, 2.45) is 5.73 Å². The SMILES string of the molecule is CCC(N)Cc1ccccc1OCCC(F)(F)F. The fraction of sp³-hybridized carbons (Fsp3) is 0.538. The molecule has 1 aromatic rings. The number of ether oxygens (including phenoxy) is 1. The van der Waals surface area contributed by atoms with E-state index < -0.39 is 12.6 Å². The van der Waals surface area contributed by atoms with E-state index in [0.29, 0.717) is 12.2 Å². The highest BCUT2D eigenvalue weighted by atomic mass is 19.4. The van der Waals surface area contributed by atoms with Crippen LogP contribution < -0.4 is 10.5 Å². The molecule has 0 saturated heterocycles. The van der Waals surface area contributed by atoms with Crippen LogP contribution in [0.5, 0.6) is 5.75 Å². The zero-order valence-electron chi connectivity index (χ0n) is 10.3. The Morgan fingerprint density at radius 3 is 2.56 bits per heavy atom. The topological polar surface area (TPSA) is 35.2 Å². The molecule has 0 aliphatic heterocycles. The second-order valence-corrected chi connectivity index (χ2v) is 4.19. The summed E-state index contributed by atoms with van der Waals surface area (Å²) in [4.78, 5) is 0. The summed E-state index contributed by atoms with van der Waals surface area (Å²) in [7, 11) is 0. The number of hydrogen-bond donors (Lipinski definition) is 1. The van der Waals surface area contributed by atoms with Gasteiger partial charge in [-0.1, -0.05) is 25.1 Å². The van der Waals surface area contributed by atoms with Gasteiger partial charge in [-0.05, 0) is 24.5 Å². The molecule has 102 valence electrons. The summed E-state index contributed by atoms with van der Waals surface area (Å²) in [6.07, 6.45) is -3.70. The molecule has 0 fully saturated rings. The van der Waals surface area contributed by atoms with E-state index in [1.807, 2.05) is 19.1 Å². The van der Waals surface area contributed by atoms with Crippen LogP contribution in [0.4, 0.5) is 13.2 Å². The first-order valence-electron chi connectivity index (χ1n) is 5.95. The van der Waals surface area contributed by atoms with Crippen molar-refractivity contribution in [2.45, 2.75) is 38.4 Å². The Kier molecular flexibility index (Phi) is 5.47. The van der Waals surface area contributed by atoms with Crippen LogP contribution in [0.15, 0.2) is 24.3 Å². The first-order chi connectivity index (χ1) is 8.42. The fourth-order valence-electron chi connectivity index (χ4n) is 1.52. The van der Waals surface area contributed by atoms with Crippen LogP contribution in [0.3, 0.4) is 0 Å². The van der Waals surface area contributed by atoms with Crippen molar-refractivity contribution in [3.05, 3.63) is 29.8 Å². The summed E-state index contributed by atoms with van der Waals surface area (Å²) < 4.78 is 41.3. The standard InChI is InChI=1S/C13H18F3NO/c1-2-11(17)9-10-5-3-4-6-12(10)18-8-7-13(14,15)16/h3-6,11H,2,7-9,17H2,1H3. The Labute approximate surface area is 105 Å². The third-order valence-electron chi connectivity index (χ3n) is 2.62. The summed E-state index contributed by atoms with van der Waals surface area (Å²) in [5, 5.41) is 0. The normalized spacial score (nSPS) is 13.4. The lowest BCUT2D eigenvalue weighted by Gasteiger charge is -2.14. The van der Waals surface area contributed by atoms with Gasteiger partial charge >= 0.3 is 6.18 Å². The third kappa shape index (κ3) is 5.40. The second-order valence-electron chi connectivity index (χ2n) is 4.19. The van der Waals surface area contributed by atoms with Crippen molar-refractivity contribution in [3.63, 3.8) is 0 Å². The molecule has 2 nitrogen and oxygen atoms in total. The van der Waals surface area contributed by atoms with E-state index >= 15 is 0 Å². The maximum Gasteiger partial charge on any atom is 0.392 e. The molecular formula is C13H18F3NO. The molecule has 0 spiro atoms. The lowest BCUT2D eigenvalue weighted by Crippen LogP contribution is -2.22. The molecule has 1 rings (SSSR count). The van der Waals surface area contributed by atoms with Crippen molar-refractivity contribution >= 4 is 0 Å². The van der Waals surface area contributed by atoms with Crippen molar-refractivity contribution in [1.29, 1.82) is 0 Å². The van der Waals surface area contributed by atoms with E-state index in [2.05, 4.69) is 0 Å². The van der Waals surface area contributed by atoms with E-state index in [-0.39, 0.29) is 12.6 Å². The highest BCUT2D eigenvalue weighted by Crippen LogP contribution is 2.23. The average Bonchev–Trinajstić information content (AvgIpc) is 2.29. The minimum atomic E-state index is -4.19. The number of benzene rings is 1. The number of halogens is 3. The van der Waals surface area contributed by atoms with Crippen molar-refractivity contribution in [3.8, 4) is 5.75 Å². The van der Waals surface area contributed by atoms with Crippen molar-refractivity contribution in [2.75, 3.05) is 6.61 Å².